The van der Waals surface area contributed by atoms with Crippen molar-refractivity contribution >= 4 is 17.4 Å². The van der Waals surface area contributed by atoms with Gasteiger partial charge >= 0.3 is 0 Å². The number of hydrogen-bond acceptors (Lipinski definition) is 2. The lowest BCUT2D eigenvalue weighted by atomic mass is 10.1. The highest BCUT2D eigenvalue weighted by Crippen LogP contribution is 2.25. The van der Waals surface area contributed by atoms with Gasteiger partial charge in [-0.2, -0.15) is 0 Å². The lowest BCUT2D eigenvalue weighted by Crippen LogP contribution is -1.91. The van der Waals surface area contributed by atoms with Crippen LogP contribution in [0.5, 0.6) is 11.5 Å². The molecule has 2 rings (SSSR count). The molecule has 0 bridgehead atoms. The maximum atomic E-state index is 13.2. The number of rotatable bonds is 3. The van der Waals surface area contributed by atoms with E-state index in [0.29, 0.717) is 17.1 Å². The van der Waals surface area contributed by atoms with Crippen LogP contribution in [0.4, 0.5) is 4.39 Å². The van der Waals surface area contributed by atoms with E-state index in [1.54, 1.807) is 30.3 Å². The third kappa shape index (κ3) is 2.87. The van der Waals surface area contributed by atoms with Gasteiger partial charge in [0.25, 0.3) is 0 Å². The minimum atomic E-state index is -0.533. The van der Waals surface area contributed by atoms with E-state index < -0.39 is 5.82 Å². The van der Waals surface area contributed by atoms with Crippen molar-refractivity contribution in [2.45, 2.75) is 6.92 Å². The zero-order valence-corrected chi connectivity index (χ0v) is 10.4. The molecule has 92 valence electrons. The Bertz CT molecular complexity index is 579. The van der Waals surface area contributed by atoms with Crippen molar-refractivity contribution in [2.24, 2.45) is 0 Å². The zero-order valence-electron chi connectivity index (χ0n) is 9.61. The molecule has 2 nitrogen and oxygen atoms in total. The first-order chi connectivity index (χ1) is 8.56. The van der Waals surface area contributed by atoms with Crippen LogP contribution in [0.1, 0.15) is 17.3 Å². The Morgan fingerprint density at radius 3 is 2.28 bits per heavy atom. The summed E-state index contributed by atoms with van der Waals surface area (Å²) in [5, 5.41) is 0.0503. The molecule has 0 N–H and O–H groups in total. The summed E-state index contributed by atoms with van der Waals surface area (Å²) in [6.07, 6.45) is 0. The fourth-order valence-electron chi connectivity index (χ4n) is 1.43. The summed E-state index contributed by atoms with van der Waals surface area (Å²) in [6.45, 7) is 1.49. The minimum absolute atomic E-state index is 0.0147. The summed E-state index contributed by atoms with van der Waals surface area (Å²) >= 11 is 5.57. The molecule has 0 radical (unpaired) electrons. The van der Waals surface area contributed by atoms with Crippen molar-refractivity contribution in [3.63, 3.8) is 0 Å². The van der Waals surface area contributed by atoms with Crippen molar-refractivity contribution in [3.8, 4) is 11.5 Å². The zero-order chi connectivity index (χ0) is 13.1. The third-order valence-electron chi connectivity index (χ3n) is 2.39. The Balaban J connectivity index is 2.18. The summed E-state index contributed by atoms with van der Waals surface area (Å²) in [7, 11) is 0. The first-order valence-electron chi connectivity index (χ1n) is 5.30. The minimum Gasteiger partial charge on any atom is -0.457 e. The second kappa shape index (κ2) is 5.19. The van der Waals surface area contributed by atoms with Gasteiger partial charge in [0.15, 0.2) is 5.78 Å². The van der Waals surface area contributed by atoms with Crippen LogP contribution in [0, 0.1) is 5.82 Å². The Morgan fingerprint density at radius 2 is 1.72 bits per heavy atom. The van der Waals surface area contributed by atoms with E-state index in [4.69, 9.17) is 16.3 Å². The molecule has 2 aromatic carbocycles. The first-order valence-corrected chi connectivity index (χ1v) is 5.68. The maximum Gasteiger partial charge on any atom is 0.159 e. The van der Waals surface area contributed by atoms with Gasteiger partial charge in [0, 0.05) is 11.6 Å². The van der Waals surface area contributed by atoms with E-state index in [0.717, 1.165) is 0 Å². The van der Waals surface area contributed by atoms with Gasteiger partial charge in [-0.3, -0.25) is 4.79 Å². The number of halogens is 2. The number of Topliss-reactive ketones (excluding diaryl/α,β-unsaturated/α-hetero) is 1. The van der Waals surface area contributed by atoms with E-state index in [9.17, 15) is 9.18 Å². The molecule has 0 aliphatic rings. The largest absolute Gasteiger partial charge is 0.457 e. The van der Waals surface area contributed by atoms with E-state index in [1.165, 1.54) is 19.1 Å². The molecule has 0 unspecified atom stereocenters. The summed E-state index contributed by atoms with van der Waals surface area (Å²) in [4.78, 5) is 11.1. The molecule has 0 saturated heterocycles. The molecule has 0 saturated carbocycles. The number of benzene rings is 2. The predicted molar refractivity (Wildman–Crippen MR) is 67.9 cm³/mol. The molecule has 0 heterocycles. The van der Waals surface area contributed by atoms with Gasteiger partial charge in [-0.25, -0.2) is 4.39 Å². The molecular formula is C14H10ClFO2. The van der Waals surface area contributed by atoms with Crippen LogP contribution < -0.4 is 4.74 Å². The fraction of sp³-hybridized carbons (Fsp3) is 0.0714. The van der Waals surface area contributed by atoms with Gasteiger partial charge in [-0.15, -0.1) is 0 Å². The Kier molecular flexibility index (Phi) is 3.63. The molecule has 4 heteroatoms. The van der Waals surface area contributed by atoms with Gasteiger partial charge in [0.05, 0.1) is 5.02 Å². The van der Waals surface area contributed by atoms with Crippen molar-refractivity contribution in [3.05, 3.63) is 58.9 Å². The molecule has 0 aliphatic heterocycles. The molecule has 0 spiro atoms. The van der Waals surface area contributed by atoms with Crippen LogP contribution in [-0.2, 0) is 0 Å². The average molecular weight is 265 g/mol. The highest BCUT2D eigenvalue weighted by atomic mass is 35.5. The standard InChI is InChI=1S/C14H10ClFO2/c1-9(17)10-2-4-11(5-3-10)18-12-6-7-13(15)14(16)8-12/h2-8H,1H3. The fourth-order valence-corrected chi connectivity index (χ4v) is 1.55. The third-order valence-corrected chi connectivity index (χ3v) is 2.69. The van der Waals surface area contributed by atoms with Crippen LogP contribution in [0.2, 0.25) is 5.02 Å². The summed E-state index contributed by atoms with van der Waals surface area (Å²) in [6, 6.07) is 10.8. The van der Waals surface area contributed by atoms with Gasteiger partial charge in [0.1, 0.15) is 17.3 Å². The molecule has 0 atom stereocenters. The summed E-state index contributed by atoms with van der Waals surface area (Å²) in [5.41, 5.74) is 0.602. The predicted octanol–water partition coefficient (Wildman–Crippen LogP) is 4.47. The SMILES string of the molecule is CC(=O)c1ccc(Oc2ccc(Cl)c(F)c2)cc1. The number of ketones is 1. The van der Waals surface area contributed by atoms with E-state index in [2.05, 4.69) is 0 Å². The van der Waals surface area contributed by atoms with Crippen molar-refractivity contribution in [1.82, 2.24) is 0 Å². The molecule has 0 fully saturated rings. The smallest absolute Gasteiger partial charge is 0.159 e. The number of carbonyl (C=O) groups is 1. The van der Waals surface area contributed by atoms with Gasteiger partial charge in [0.2, 0.25) is 0 Å². The van der Waals surface area contributed by atoms with Crippen LogP contribution in [0.25, 0.3) is 0 Å². The van der Waals surface area contributed by atoms with Crippen LogP contribution in [0.3, 0.4) is 0 Å². The second-order valence-electron chi connectivity index (χ2n) is 3.76. The first kappa shape index (κ1) is 12.6. The van der Waals surface area contributed by atoms with Crippen molar-refractivity contribution < 1.29 is 13.9 Å². The second-order valence-corrected chi connectivity index (χ2v) is 4.17. The number of hydrogen-bond donors (Lipinski definition) is 0. The average Bonchev–Trinajstić information content (AvgIpc) is 2.34. The Hall–Kier alpha value is -1.87. The Labute approximate surface area is 109 Å². The molecule has 2 aromatic rings. The van der Waals surface area contributed by atoms with Crippen molar-refractivity contribution in [2.75, 3.05) is 0 Å². The lowest BCUT2D eigenvalue weighted by molar-refractivity contribution is 0.101. The monoisotopic (exact) mass is 264 g/mol. The molecular weight excluding hydrogens is 255 g/mol. The summed E-state index contributed by atoms with van der Waals surface area (Å²) in [5.74, 6) is 0.336. The normalized spacial score (nSPS) is 10.2. The van der Waals surface area contributed by atoms with Gasteiger partial charge < -0.3 is 4.74 Å². The van der Waals surface area contributed by atoms with Gasteiger partial charge in [-0.1, -0.05) is 11.6 Å². The summed E-state index contributed by atoms with van der Waals surface area (Å²) < 4.78 is 18.6. The van der Waals surface area contributed by atoms with Crippen LogP contribution in [-0.4, -0.2) is 5.78 Å². The number of ether oxygens (including phenoxy) is 1. The molecule has 0 amide bonds. The molecule has 18 heavy (non-hydrogen) atoms. The Morgan fingerprint density at radius 1 is 1.11 bits per heavy atom. The van der Waals surface area contributed by atoms with Crippen molar-refractivity contribution in [1.29, 1.82) is 0 Å². The van der Waals surface area contributed by atoms with Crippen LogP contribution >= 0.6 is 11.6 Å². The van der Waals surface area contributed by atoms with Gasteiger partial charge in [-0.05, 0) is 43.3 Å². The van der Waals surface area contributed by atoms with E-state index in [-0.39, 0.29) is 10.8 Å². The maximum absolute atomic E-state index is 13.2. The molecule has 0 aliphatic carbocycles. The van der Waals surface area contributed by atoms with E-state index >= 15 is 0 Å². The highest BCUT2D eigenvalue weighted by molar-refractivity contribution is 6.30. The lowest BCUT2D eigenvalue weighted by Gasteiger charge is -2.06. The van der Waals surface area contributed by atoms with Crippen LogP contribution in [0.15, 0.2) is 42.5 Å². The highest BCUT2D eigenvalue weighted by Gasteiger charge is 2.04. The quantitative estimate of drug-likeness (QED) is 0.765. The van der Waals surface area contributed by atoms with E-state index in [1.807, 2.05) is 0 Å². The number of carbonyl (C=O) groups excluding carboxylic acids is 1. The topological polar surface area (TPSA) is 26.3 Å². The molecule has 0 aromatic heterocycles.